The lowest BCUT2D eigenvalue weighted by Crippen LogP contribution is -2.11. The van der Waals surface area contributed by atoms with Crippen molar-refractivity contribution in [3.63, 3.8) is 0 Å². The largest absolute Gasteiger partial charge is 0.339 e. The Kier molecular flexibility index (Phi) is 9.44. The third-order valence-corrected chi connectivity index (χ3v) is 10.1. The van der Waals surface area contributed by atoms with E-state index in [2.05, 4.69) is 15.9 Å². The Hall–Kier alpha value is -1.11. The van der Waals surface area contributed by atoms with Crippen LogP contribution >= 0.6 is 34.9 Å². The summed E-state index contributed by atoms with van der Waals surface area (Å²) >= 11 is 5.21. The number of unbranched alkanes of at least 4 members (excludes halogenated alkanes) is 2. The van der Waals surface area contributed by atoms with Gasteiger partial charge in [0.1, 0.15) is 5.66 Å². The first-order valence-electron chi connectivity index (χ1n) is 10.9. The summed E-state index contributed by atoms with van der Waals surface area (Å²) in [6.45, 7) is 4.70. The zero-order valence-corrected chi connectivity index (χ0v) is 21.6. The average Bonchev–Trinajstić information content (AvgIpc) is 3.11. The van der Waals surface area contributed by atoms with Gasteiger partial charge in [0.15, 0.2) is 11.6 Å². The highest BCUT2D eigenvalue weighted by Gasteiger charge is 2.40. The lowest BCUT2D eigenvalue weighted by Gasteiger charge is -2.27. The van der Waals surface area contributed by atoms with Gasteiger partial charge in [0.25, 0.3) is 0 Å². The number of fused-ring (bicyclic) bond motifs is 1. The fraction of sp³-hybridized carbons (Fsp3) is 0.417. The Morgan fingerprint density at radius 1 is 1.00 bits per heavy atom. The maximum absolute atomic E-state index is 14.2. The number of rotatable bonds is 12. The predicted octanol–water partition coefficient (Wildman–Crippen LogP) is 9.05. The van der Waals surface area contributed by atoms with E-state index < -0.39 is 24.9 Å². The van der Waals surface area contributed by atoms with Gasteiger partial charge in [-0.15, -0.1) is 11.3 Å². The summed E-state index contributed by atoms with van der Waals surface area (Å²) in [5.74, 6) is -1.83. The van der Waals surface area contributed by atoms with Gasteiger partial charge in [-0.3, -0.25) is 4.57 Å². The topological polar surface area (TPSA) is 35.5 Å². The normalized spacial score (nSPS) is 13.0. The van der Waals surface area contributed by atoms with Crippen LogP contribution in [0.2, 0.25) is 0 Å². The summed E-state index contributed by atoms with van der Waals surface area (Å²) in [5, 5.41) is 1.01. The molecule has 0 aliphatic rings. The van der Waals surface area contributed by atoms with Gasteiger partial charge in [0.2, 0.25) is 0 Å². The molecule has 0 N–H and O–H groups in total. The van der Waals surface area contributed by atoms with Crippen LogP contribution in [0.5, 0.6) is 0 Å². The average molecular weight is 545 g/mol. The van der Waals surface area contributed by atoms with Gasteiger partial charge in [-0.1, -0.05) is 51.0 Å². The number of benzene rings is 2. The summed E-state index contributed by atoms with van der Waals surface area (Å²) in [4.78, 5) is 0.826. The van der Waals surface area contributed by atoms with Gasteiger partial charge in [-0.2, -0.15) is 0 Å². The van der Waals surface area contributed by atoms with Gasteiger partial charge in [-0.25, -0.2) is 8.78 Å². The molecule has 1 unspecified atom stereocenters. The fourth-order valence-electron chi connectivity index (χ4n) is 3.37. The summed E-state index contributed by atoms with van der Waals surface area (Å²) < 4.78 is 55.5. The molecule has 3 rings (SSSR count). The molecule has 174 valence electrons. The van der Waals surface area contributed by atoms with Gasteiger partial charge in [-0.05, 0) is 59.0 Å². The number of thiophene rings is 1. The number of hydrogen-bond donors (Lipinski definition) is 0. The van der Waals surface area contributed by atoms with Crippen LogP contribution in [0.3, 0.4) is 0 Å². The molecule has 0 aliphatic carbocycles. The third-order valence-electron chi connectivity index (χ3n) is 5.20. The first kappa shape index (κ1) is 25.5. The highest BCUT2D eigenvalue weighted by molar-refractivity contribution is 9.10. The molecular formula is C24H28BrF2O3PS. The molecule has 0 spiro atoms. The van der Waals surface area contributed by atoms with Crippen LogP contribution in [-0.2, 0) is 20.0 Å². The Morgan fingerprint density at radius 3 is 2.25 bits per heavy atom. The smallest absolute Gasteiger partial charge is 0.308 e. The van der Waals surface area contributed by atoms with Crippen molar-refractivity contribution in [1.82, 2.24) is 0 Å². The van der Waals surface area contributed by atoms with Crippen molar-refractivity contribution in [3.8, 4) is 0 Å². The summed E-state index contributed by atoms with van der Waals surface area (Å²) in [6, 6.07) is 11.7. The van der Waals surface area contributed by atoms with Crippen molar-refractivity contribution in [1.29, 1.82) is 0 Å². The Bertz CT molecular complexity index is 1070. The molecule has 1 aromatic heterocycles. The molecule has 1 heterocycles. The second-order valence-corrected chi connectivity index (χ2v) is 11.8. The minimum absolute atomic E-state index is 0.206. The zero-order valence-electron chi connectivity index (χ0n) is 18.3. The highest BCUT2D eigenvalue weighted by atomic mass is 79.9. The molecular weight excluding hydrogens is 517 g/mol. The van der Waals surface area contributed by atoms with E-state index in [1.54, 1.807) is 0 Å². The van der Waals surface area contributed by atoms with Crippen molar-refractivity contribution in [2.45, 2.75) is 51.6 Å². The SMILES string of the molecule is CCCCOP(=O)(OCCCC)C(Cc1ccc(F)c(F)c1)c1sc2ccccc2c1Br. The van der Waals surface area contributed by atoms with E-state index >= 15 is 0 Å². The Labute approximate surface area is 200 Å². The fourth-order valence-corrected chi connectivity index (χ4v) is 8.23. The van der Waals surface area contributed by atoms with Crippen LogP contribution < -0.4 is 0 Å². The van der Waals surface area contributed by atoms with Crippen LogP contribution in [0.1, 0.15) is 55.6 Å². The molecule has 0 radical (unpaired) electrons. The molecule has 32 heavy (non-hydrogen) atoms. The maximum atomic E-state index is 14.2. The van der Waals surface area contributed by atoms with Gasteiger partial charge < -0.3 is 9.05 Å². The standard InChI is InChI=1S/C24H28BrF2O3PS/c1-3-5-13-29-31(28,30-14-6-4-2)21(16-17-11-12-19(26)20(27)15-17)24-23(25)18-9-7-8-10-22(18)32-24/h7-12,15,21H,3-6,13-14,16H2,1-2H3. The molecule has 0 fully saturated rings. The van der Waals surface area contributed by atoms with Crippen molar-refractivity contribution in [3.05, 3.63) is 69.0 Å². The van der Waals surface area contributed by atoms with Gasteiger partial charge in [0.05, 0.1) is 13.2 Å². The monoisotopic (exact) mass is 544 g/mol. The highest BCUT2D eigenvalue weighted by Crippen LogP contribution is 2.65. The molecule has 3 nitrogen and oxygen atoms in total. The van der Waals surface area contributed by atoms with Crippen molar-refractivity contribution in [2.24, 2.45) is 0 Å². The first-order valence-corrected chi connectivity index (χ1v) is 14.1. The lowest BCUT2D eigenvalue weighted by molar-refractivity contribution is 0.192. The molecule has 1 atom stereocenters. The third kappa shape index (κ3) is 6.06. The first-order chi connectivity index (χ1) is 15.4. The van der Waals surface area contributed by atoms with E-state index in [-0.39, 0.29) is 6.42 Å². The van der Waals surface area contributed by atoms with Crippen LogP contribution in [0.25, 0.3) is 10.1 Å². The minimum atomic E-state index is -3.62. The van der Waals surface area contributed by atoms with Gasteiger partial charge >= 0.3 is 7.60 Å². The summed E-state index contributed by atoms with van der Waals surface area (Å²) in [7, 11) is -3.62. The van der Waals surface area contributed by atoms with E-state index in [0.29, 0.717) is 18.8 Å². The second-order valence-electron chi connectivity index (χ2n) is 7.66. The van der Waals surface area contributed by atoms with Crippen LogP contribution in [0, 0.1) is 11.6 Å². The minimum Gasteiger partial charge on any atom is -0.308 e. The molecule has 0 amide bonds. The number of hydrogen-bond acceptors (Lipinski definition) is 4. The van der Waals surface area contributed by atoms with Crippen LogP contribution in [-0.4, -0.2) is 13.2 Å². The van der Waals surface area contributed by atoms with E-state index in [1.165, 1.54) is 17.4 Å². The molecule has 0 aliphatic heterocycles. The molecule has 8 heteroatoms. The van der Waals surface area contributed by atoms with E-state index in [1.807, 2.05) is 38.1 Å². The van der Waals surface area contributed by atoms with E-state index in [0.717, 1.165) is 57.3 Å². The zero-order chi connectivity index (χ0) is 23.1. The van der Waals surface area contributed by atoms with E-state index in [4.69, 9.17) is 9.05 Å². The second kappa shape index (κ2) is 11.8. The Morgan fingerprint density at radius 2 is 1.66 bits per heavy atom. The lowest BCUT2D eigenvalue weighted by atomic mass is 10.1. The van der Waals surface area contributed by atoms with Crippen molar-refractivity contribution in [2.75, 3.05) is 13.2 Å². The van der Waals surface area contributed by atoms with Crippen molar-refractivity contribution >= 4 is 44.9 Å². The van der Waals surface area contributed by atoms with Gasteiger partial charge in [0, 0.05) is 19.4 Å². The maximum Gasteiger partial charge on any atom is 0.339 e. The van der Waals surface area contributed by atoms with Crippen molar-refractivity contribution < 1.29 is 22.4 Å². The molecule has 2 aromatic carbocycles. The van der Waals surface area contributed by atoms with Crippen LogP contribution in [0.15, 0.2) is 46.9 Å². The Balaban J connectivity index is 2.07. The summed E-state index contributed by atoms with van der Waals surface area (Å²) in [5.41, 5.74) is -0.107. The van der Waals surface area contributed by atoms with Crippen LogP contribution in [0.4, 0.5) is 8.78 Å². The molecule has 0 bridgehead atoms. The summed E-state index contributed by atoms with van der Waals surface area (Å²) in [6.07, 6.45) is 3.52. The quantitative estimate of drug-likeness (QED) is 0.168. The molecule has 3 aromatic rings. The predicted molar refractivity (Wildman–Crippen MR) is 132 cm³/mol. The molecule has 0 saturated carbocycles. The van der Waals surface area contributed by atoms with E-state index in [9.17, 15) is 13.3 Å². The number of halogens is 3. The molecule has 0 saturated heterocycles.